The molecule has 1 amide bonds. The van der Waals surface area contributed by atoms with E-state index < -0.39 is 23.4 Å². The molecule has 1 aliphatic carbocycles. The maximum atomic E-state index is 14.4. The summed E-state index contributed by atoms with van der Waals surface area (Å²) in [5, 5.41) is 16.6. The van der Waals surface area contributed by atoms with Gasteiger partial charge in [-0.15, -0.1) is 11.3 Å². The summed E-state index contributed by atoms with van der Waals surface area (Å²) in [6, 6.07) is 11.3. The number of halogens is 2. The molecule has 0 spiro atoms. The Hall–Kier alpha value is -4.88. The summed E-state index contributed by atoms with van der Waals surface area (Å²) in [5.74, 6) is -2.61. The standard InChI is InChI=1S/C23H25F2N7O2S.C6H6OS.C5H8O3.C2H6O/c1-34-13-32-11-14(9-28-32)23-30-18(12-35-23)22(33)29-17(10-27-15-5-3-2-4-6-15)20(26)21-16(24)7-8-19(25)31-21;7-8-6-4-2-1-3-5-6;1-8-5(7)3-2-4-6;1-2-3/h7-12,15H,2-6,13,26H2,1H3,(H,29,33);1-5,7H;4H,2-3H2,1H3;3H,2H2,1H3/b20-17+,27-10?;;;. The molecule has 0 aliphatic heterocycles. The fourth-order valence-electron chi connectivity index (χ4n) is 4.45. The van der Waals surface area contributed by atoms with E-state index >= 15 is 0 Å². The van der Waals surface area contributed by atoms with Crippen LogP contribution in [-0.4, -0.2) is 80.7 Å². The van der Waals surface area contributed by atoms with Gasteiger partial charge in [-0.3, -0.25) is 14.6 Å². The summed E-state index contributed by atoms with van der Waals surface area (Å²) in [6.45, 7) is 2.22. The topological polar surface area (TPSA) is 204 Å². The maximum Gasteiger partial charge on any atom is 0.305 e. The van der Waals surface area contributed by atoms with Crippen LogP contribution < -0.4 is 11.1 Å². The van der Waals surface area contributed by atoms with Gasteiger partial charge in [0.15, 0.2) is 5.82 Å². The largest absolute Gasteiger partial charge is 0.469 e. The smallest absolute Gasteiger partial charge is 0.305 e. The number of rotatable bonds is 12. The quantitative estimate of drug-likeness (QED) is 0.0421. The van der Waals surface area contributed by atoms with Crippen LogP contribution in [0.3, 0.4) is 0 Å². The van der Waals surface area contributed by atoms with E-state index in [-0.39, 0.29) is 55.3 Å². The van der Waals surface area contributed by atoms with Gasteiger partial charge in [0.05, 0.1) is 37.2 Å². The molecular weight excluding hydrogens is 745 g/mol. The number of carbonyl (C=O) groups excluding carboxylic acids is 3. The molecule has 3 heterocycles. The normalized spacial score (nSPS) is 12.9. The van der Waals surface area contributed by atoms with Gasteiger partial charge < -0.3 is 35.0 Å². The number of benzene rings is 1. The molecule has 5 N–H and O–H groups in total. The zero-order valence-corrected chi connectivity index (χ0v) is 31.8. The van der Waals surface area contributed by atoms with E-state index in [1.54, 1.807) is 36.5 Å². The number of aromatic nitrogens is 4. The van der Waals surface area contributed by atoms with Crippen molar-refractivity contribution in [2.45, 2.75) is 69.5 Å². The van der Waals surface area contributed by atoms with Gasteiger partial charge in [0.1, 0.15) is 29.4 Å². The number of ether oxygens (including phenoxy) is 2. The highest BCUT2D eigenvalue weighted by molar-refractivity contribution is 7.93. The molecule has 0 atom stereocenters. The average Bonchev–Trinajstić information content (AvgIpc) is 3.88. The Morgan fingerprint density at radius 2 is 1.83 bits per heavy atom. The molecule has 292 valence electrons. The summed E-state index contributed by atoms with van der Waals surface area (Å²) < 4.78 is 47.4. The van der Waals surface area contributed by atoms with Crippen molar-refractivity contribution >= 4 is 53.5 Å². The first kappa shape index (κ1) is 45.3. The highest BCUT2D eigenvalue weighted by atomic mass is 32.2. The number of carbonyl (C=O) groups is 3. The van der Waals surface area contributed by atoms with Gasteiger partial charge in [-0.25, -0.2) is 19.0 Å². The van der Waals surface area contributed by atoms with Crippen molar-refractivity contribution in [2.75, 3.05) is 20.8 Å². The molecule has 1 saturated carbocycles. The van der Waals surface area contributed by atoms with Crippen LogP contribution in [0, 0.1) is 11.8 Å². The predicted molar refractivity (Wildman–Crippen MR) is 203 cm³/mol. The van der Waals surface area contributed by atoms with Gasteiger partial charge in [0.2, 0.25) is 5.95 Å². The van der Waals surface area contributed by atoms with Crippen molar-refractivity contribution in [3.05, 3.63) is 89.1 Å². The highest BCUT2D eigenvalue weighted by Crippen LogP contribution is 2.24. The highest BCUT2D eigenvalue weighted by Gasteiger charge is 2.19. The SMILES string of the molecule is CCO.COC(=O)CCC=O.COCn1cc(-c2nc(C(=O)N/C(C=NC3CCCCC3)=C(/N)c3nc(F)ccc3F)cs2)cn1.OSc1ccccc1. The van der Waals surface area contributed by atoms with Crippen LogP contribution in [0.15, 0.2) is 75.8 Å². The molecule has 54 heavy (non-hydrogen) atoms. The lowest BCUT2D eigenvalue weighted by atomic mass is 9.96. The molecule has 14 nitrogen and oxygen atoms in total. The van der Waals surface area contributed by atoms with Gasteiger partial charge in [-0.05, 0) is 44.0 Å². The minimum absolute atomic E-state index is 0.0278. The molecule has 18 heteroatoms. The molecule has 0 radical (unpaired) electrons. The van der Waals surface area contributed by atoms with Gasteiger partial charge in [0, 0.05) is 60.4 Å². The van der Waals surface area contributed by atoms with Gasteiger partial charge in [-0.2, -0.15) is 9.49 Å². The van der Waals surface area contributed by atoms with Crippen LogP contribution in [-0.2, 0) is 25.8 Å². The number of esters is 1. The number of nitrogens with zero attached hydrogens (tertiary/aromatic N) is 5. The Morgan fingerprint density at radius 1 is 1.13 bits per heavy atom. The number of allylic oxidation sites excluding steroid dienone is 1. The second-order valence-corrected chi connectivity index (χ2v) is 12.6. The number of pyridine rings is 1. The Balaban J connectivity index is 0.000000434. The molecule has 1 aromatic carbocycles. The minimum atomic E-state index is -0.891. The van der Waals surface area contributed by atoms with E-state index in [1.807, 2.05) is 30.3 Å². The van der Waals surface area contributed by atoms with Gasteiger partial charge >= 0.3 is 5.97 Å². The fourth-order valence-corrected chi connectivity index (χ4v) is 5.50. The second-order valence-electron chi connectivity index (χ2n) is 11.0. The molecule has 4 aromatic rings. The number of aliphatic hydroxyl groups is 1. The van der Waals surface area contributed by atoms with Crippen LogP contribution in [0.5, 0.6) is 0 Å². The number of amides is 1. The number of thiazole rings is 1. The van der Waals surface area contributed by atoms with Crippen molar-refractivity contribution in [3.8, 4) is 10.6 Å². The molecule has 1 aliphatic rings. The van der Waals surface area contributed by atoms with Crippen LogP contribution in [0.1, 0.15) is 68.1 Å². The number of aliphatic imine (C=N–C) groups is 1. The molecular formula is C36H45F2N7O7S2. The Bertz CT molecular complexity index is 1780. The lowest BCUT2D eigenvalue weighted by molar-refractivity contribution is -0.141. The summed E-state index contributed by atoms with van der Waals surface area (Å²) in [4.78, 5) is 46.2. The minimum Gasteiger partial charge on any atom is -0.469 e. The first-order chi connectivity index (χ1) is 26.1. The summed E-state index contributed by atoms with van der Waals surface area (Å²) in [6.07, 6.45) is 11.0. The lowest BCUT2D eigenvalue weighted by Gasteiger charge is -2.18. The van der Waals surface area contributed by atoms with E-state index in [0.29, 0.717) is 11.3 Å². The number of aliphatic hydroxyl groups excluding tert-OH is 1. The van der Waals surface area contributed by atoms with Crippen LogP contribution in [0.4, 0.5) is 8.78 Å². The molecule has 3 aromatic heterocycles. The first-order valence-electron chi connectivity index (χ1n) is 16.7. The van der Waals surface area contributed by atoms with Crippen molar-refractivity contribution in [3.63, 3.8) is 0 Å². The number of nitrogens with two attached hydrogens (primary N) is 1. The summed E-state index contributed by atoms with van der Waals surface area (Å²) in [5.41, 5.74) is 6.40. The number of aldehydes is 1. The number of hydrogen-bond donors (Lipinski definition) is 4. The summed E-state index contributed by atoms with van der Waals surface area (Å²) in [7, 11) is 2.86. The first-order valence-corrected chi connectivity index (χ1v) is 18.4. The van der Waals surface area contributed by atoms with E-state index in [1.165, 1.54) is 24.7 Å². The molecule has 5 rings (SSSR count). The monoisotopic (exact) mass is 789 g/mol. The lowest BCUT2D eigenvalue weighted by Crippen LogP contribution is -2.27. The van der Waals surface area contributed by atoms with Crippen molar-refractivity contribution in [1.29, 1.82) is 0 Å². The van der Waals surface area contributed by atoms with E-state index in [9.17, 15) is 23.2 Å². The van der Waals surface area contributed by atoms with Gasteiger partial charge in [-0.1, -0.05) is 37.5 Å². The maximum absolute atomic E-state index is 14.4. The molecule has 0 unspecified atom stereocenters. The molecule has 0 saturated heterocycles. The van der Waals surface area contributed by atoms with Crippen molar-refractivity contribution < 1.29 is 42.3 Å². The van der Waals surface area contributed by atoms with Crippen LogP contribution in [0.2, 0.25) is 0 Å². The molecule has 1 fully saturated rings. The number of methoxy groups -OCH3 is 2. The number of hydrogen-bond acceptors (Lipinski definition) is 14. The Morgan fingerprint density at radius 3 is 2.44 bits per heavy atom. The third-order valence-electron chi connectivity index (χ3n) is 7.02. The molecule has 0 bridgehead atoms. The van der Waals surface area contributed by atoms with E-state index in [2.05, 4.69) is 30.1 Å². The average molecular weight is 790 g/mol. The zero-order chi connectivity index (χ0) is 39.7. The third-order valence-corrected chi connectivity index (χ3v) is 8.39. The van der Waals surface area contributed by atoms with Gasteiger partial charge in [0.25, 0.3) is 5.91 Å². The third kappa shape index (κ3) is 16.4. The van der Waals surface area contributed by atoms with Crippen molar-refractivity contribution in [1.82, 2.24) is 25.1 Å². The number of nitrogens with one attached hydrogen (secondary N) is 1. The van der Waals surface area contributed by atoms with Crippen LogP contribution in [0.25, 0.3) is 16.3 Å². The fraction of sp³-hybridized carbons (Fsp3) is 0.361. The van der Waals surface area contributed by atoms with E-state index in [4.69, 9.17) is 20.1 Å². The Labute approximate surface area is 320 Å². The van der Waals surface area contributed by atoms with Crippen LogP contribution >= 0.6 is 23.4 Å². The van der Waals surface area contributed by atoms with Crippen molar-refractivity contribution in [2.24, 2.45) is 10.7 Å². The second kappa shape index (κ2) is 26.0. The summed E-state index contributed by atoms with van der Waals surface area (Å²) >= 11 is 2.03. The predicted octanol–water partition coefficient (Wildman–Crippen LogP) is 6.13. The zero-order valence-electron chi connectivity index (χ0n) is 30.2. The van der Waals surface area contributed by atoms with E-state index in [0.717, 1.165) is 66.7 Å². The Kier molecular flexibility index (Phi) is 21.8.